The fraction of sp³-hybridized carbons (Fsp3) is 0.286. The number of nitrogens with one attached hydrogen (secondary N) is 1. The monoisotopic (exact) mass is 372 g/mol. The number of hydrogen-bond acceptors (Lipinski definition) is 6. The smallest absolute Gasteiger partial charge is 0.142 e. The van der Waals surface area contributed by atoms with E-state index in [-0.39, 0.29) is 6.04 Å². The van der Waals surface area contributed by atoms with E-state index in [1.807, 2.05) is 23.6 Å². The molecule has 1 heterocycles. The van der Waals surface area contributed by atoms with Gasteiger partial charge >= 0.3 is 0 Å². The maximum Gasteiger partial charge on any atom is 0.142 e. The van der Waals surface area contributed by atoms with Crippen molar-refractivity contribution < 1.29 is 14.2 Å². The van der Waals surface area contributed by atoms with Gasteiger partial charge in [-0.2, -0.15) is 0 Å². The van der Waals surface area contributed by atoms with E-state index in [1.165, 1.54) is 0 Å². The van der Waals surface area contributed by atoms with Crippen LogP contribution in [0.2, 0.25) is 0 Å². The Morgan fingerprint density at radius 1 is 1.10 bits per heavy atom. The third-order valence-corrected chi connectivity index (χ3v) is 4.85. The highest BCUT2D eigenvalue weighted by Gasteiger charge is 2.24. The van der Waals surface area contributed by atoms with Crippen LogP contribution in [0.4, 0.5) is 0 Å². The number of thiophene rings is 1. The van der Waals surface area contributed by atoms with Crippen molar-refractivity contribution in [2.45, 2.75) is 6.04 Å². The molecule has 1 atom stereocenters. The van der Waals surface area contributed by atoms with E-state index < -0.39 is 0 Å². The number of hydrazine groups is 1. The Balaban J connectivity index is 2.55. The molecule has 0 saturated heterocycles. The van der Waals surface area contributed by atoms with E-state index in [4.69, 9.17) is 20.1 Å². The molecule has 0 amide bonds. The van der Waals surface area contributed by atoms with Crippen molar-refractivity contribution in [2.24, 2.45) is 5.84 Å². The normalized spacial score (nSPS) is 12.0. The second-order valence-corrected chi connectivity index (χ2v) is 5.90. The summed E-state index contributed by atoms with van der Waals surface area (Å²) in [5, 5.41) is 1.96. The molecule has 7 heteroatoms. The average Bonchev–Trinajstić information content (AvgIpc) is 2.97. The maximum atomic E-state index is 5.76. The van der Waals surface area contributed by atoms with Gasteiger partial charge < -0.3 is 14.2 Å². The van der Waals surface area contributed by atoms with Gasteiger partial charge in [-0.25, -0.2) is 5.43 Å². The van der Waals surface area contributed by atoms with Crippen molar-refractivity contribution in [3.8, 4) is 17.2 Å². The summed E-state index contributed by atoms with van der Waals surface area (Å²) in [7, 11) is 4.86. The predicted octanol–water partition coefficient (Wildman–Crippen LogP) is 3.09. The minimum atomic E-state index is -0.239. The van der Waals surface area contributed by atoms with E-state index in [9.17, 15) is 0 Å². The Bertz CT molecular complexity index is 618. The minimum Gasteiger partial charge on any atom is -0.496 e. The zero-order valence-corrected chi connectivity index (χ0v) is 14.4. The number of ether oxygens (including phenoxy) is 3. The lowest BCUT2D eigenvalue weighted by Crippen LogP contribution is -2.29. The van der Waals surface area contributed by atoms with Crippen molar-refractivity contribution in [3.63, 3.8) is 0 Å². The molecule has 1 aromatic carbocycles. The Morgan fingerprint density at radius 2 is 1.81 bits per heavy atom. The molecular formula is C14H17BrN2O3S. The second-order valence-electron chi connectivity index (χ2n) is 4.16. The fourth-order valence-corrected chi connectivity index (χ4v) is 3.76. The first-order valence-corrected chi connectivity index (χ1v) is 7.83. The number of halogens is 1. The third kappa shape index (κ3) is 3.01. The fourth-order valence-electron chi connectivity index (χ4n) is 2.14. The van der Waals surface area contributed by atoms with E-state index in [0.29, 0.717) is 11.5 Å². The summed E-state index contributed by atoms with van der Waals surface area (Å²) in [6, 6.07) is 5.46. The first-order valence-electron chi connectivity index (χ1n) is 6.15. The van der Waals surface area contributed by atoms with Gasteiger partial charge in [-0.3, -0.25) is 5.84 Å². The highest BCUT2D eigenvalue weighted by atomic mass is 79.9. The van der Waals surface area contributed by atoms with Gasteiger partial charge in [0.25, 0.3) is 0 Å². The lowest BCUT2D eigenvalue weighted by atomic mass is 10.0. The molecule has 0 bridgehead atoms. The number of nitrogens with two attached hydrogens (primary N) is 1. The van der Waals surface area contributed by atoms with Crippen molar-refractivity contribution in [1.82, 2.24) is 5.43 Å². The van der Waals surface area contributed by atoms with Crippen LogP contribution in [0.5, 0.6) is 17.2 Å². The largest absolute Gasteiger partial charge is 0.496 e. The van der Waals surface area contributed by atoms with Crippen LogP contribution < -0.4 is 25.5 Å². The minimum absolute atomic E-state index is 0.239. The summed E-state index contributed by atoms with van der Waals surface area (Å²) in [6.45, 7) is 0. The number of methoxy groups -OCH3 is 3. The third-order valence-electron chi connectivity index (χ3n) is 3.13. The average molecular weight is 373 g/mol. The standard InChI is InChI=1S/C14H17BrN2O3S/c1-18-9-5-4-8(13(20-3)11(9)15)12(17-16)14-10(19-2)6-7-21-14/h4-7,12,17H,16H2,1-3H3. The van der Waals surface area contributed by atoms with Gasteiger partial charge in [0.2, 0.25) is 0 Å². The Hall–Kier alpha value is -1.28. The molecule has 0 fully saturated rings. The molecule has 5 nitrogen and oxygen atoms in total. The Morgan fingerprint density at radius 3 is 2.38 bits per heavy atom. The summed E-state index contributed by atoms with van der Waals surface area (Å²) < 4.78 is 16.9. The molecule has 0 radical (unpaired) electrons. The van der Waals surface area contributed by atoms with E-state index in [2.05, 4.69) is 21.4 Å². The van der Waals surface area contributed by atoms with E-state index in [1.54, 1.807) is 32.7 Å². The highest BCUT2D eigenvalue weighted by molar-refractivity contribution is 9.10. The molecular weight excluding hydrogens is 356 g/mol. The van der Waals surface area contributed by atoms with Crippen molar-refractivity contribution >= 4 is 27.3 Å². The SMILES string of the molecule is COc1ccsc1C(NN)c1ccc(OC)c(Br)c1OC. The molecule has 1 aromatic heterocycles. The summed E-state index contributed by atoms with van der Waals surface area (Å²) in [5.41, 5.74) is 3.72. The quantitative estimate of drug-likeness (QED) is 0.602. The highest BCUT2D eigenvalue weighted by Crippen LogP contribution is 2.43. The van der Waals surface area contributed by atoms with Crippen LogP contribution in [0.1, 0.15) is 16.5 Å². The molecule has 0 spiro atoms. The van der Waals surface area contributed by atoms with Crippen LogP contribution in [0, 0.1) is 0 Å². The van der Waals surface area contributed by atoms with Crippen LogP contribution >= 0.6 is 27.3 Å². The number of benzene rings is 1. The molecule has 0 saturated carbocycles. The predicted molar refractivity (Wildman–Crippen MR) is 87.3 cm³/mol. The van der Waals surface area contributed by atoms with Gasteiger partial charge in [0.15, 0.2) is 0 Å². The molecule has 0 aliphatic carbocycles. The van der Waals surface area contributed by atoms with Gasteiger partial charge in [0.1, 0.15) is 21.7 Å². The maximum absolute atomic E-state index is 5.76. The summed E-state index contributed by atoms with van der Waals surface area (Å²) in [5.74, 6) is 7.92. The molecule has 0 aliphatic heterocycles. The summed E-state index contributed by atoms with van der Waals surface area (Å²) >= 11 is 5.07. The molecule has 1 unspecified atom stereocenters. The lowest BCUT2D eigenvalue weighted by molar-refractivity contribution is 0.381. The molecule has 3 N–H and O–H groups in total. The first kappa shape index (κ1) is 16.1. The van der Waals surface area contributed by atoms with Crippen molar-refractivity contribution in [1.29, 1.82) is 0 Å². The first-order chi connectivity index (χ1) is 10.2. The van der Waals surface area contributed by atoms with Crippen LogP contribution in [0.3, 0.4) is 0 Å². The zero-order chi connectivity index (χ0) is 15.4. The molecule has 21 heavy (non-hydrogen) atoms. The van der Waals surface area contributed by atoms with Crippen LogP contribution in [0.15, 0.2) is 28.1 Å². The molecule has 2 aromatic rings. The lowest BCUT2D eigenvalue weighted by Gasteiger charge is -2.21. The van der Waals surface area contributed by atoms with Gasteiger partial charge in [-0.1, -0.05) is 0 Å². The van der Waals surface area contributed by atoms with Gasteiger partial charge in [-0.05, 0) is 39.5 Å². The number of hydrogen-bond donors (Lipinski definition) is 2. The summed E-state index contributed by atoms with van der Waals surface area (Å²) in [6.07, 6.45) is 0. The van der Waals surface area contributed by atoms with Gasteiger partial charge in [-0.15, -0.1) is 11.3 Å². The van der Waals surface area contributed by atoms with Crippen LogP contribution in [0.25, 0.3) is 0 Å². The molecule has 2 rings (SSSR count). The molecule has 114 valence electrons. The van der Waals surface area contributed by atoms with Crippen molar-refractivity contribution in [2.75, 3.05) is 21.3 Å². The van der Waals surface area contributed by atoms with Gasteiger partial charge in [0, 0.05) is 5.56 Å². The van der Waals surface area contributed by atoms with E-state index in [0.717, 1.165) is 20.7 Å². The zero-order valence-electron chi connectivity index (χ0n) is 12.0. The number of rotatable bonds is 6. The van der Waals surface area contributed by atoms with Gasteiger partial charge in [0.05, 0.1) is 32.2 Å². The van der Waals surface area contributed by atoms with Crippen LogP contribution in [-0.2, 0) is 0 Å². The van der Waals surface area contributed by atoms with Crippen LogP contribution in [-0.4, -0.2) is 21.3 Å². The Labute approximate surface area is 136 Å². The molecule has 0 aliphatic rings. The van der Waals surface area contributed by atoms with Crippen molar-refractivity contribution in [3.05, 3.63) is 38.5 Å². The second kappa shape index (κ2) is 7.13. The Kier molecular flexibility index (Phi) is 5.46. The summed E-state index contributed by atoms with van der Waals surface area (Å²) in [4.78, 5) is 0.982. The van der Waals surface area contributed by atoms with E-state index >= 15 is 0 Å². The topological polar surface area (TPSA) is 65.7 Å².